The van der Waals surface area contributed by atoms with Gasteiger partial charge in [-0.05, 0) is 18.4 Å². The minimum atomic E-state index is 0.252. The van der Waals surface area contributed by atoms with Crippen LogP contribution in [0, 0.1) is 5.92 Å². The normalized spacial score (nSPS) is 13.4. The van der Waals surface area contributed by atoms with Gasteiger partial charge < -0.3 is 15.5 Å². The summed E-state index contributed by atoms with van der Waals surface area (Å²) >= 11 is 0. The zero-order valence-corrected chi connectivity index (χ0v) is 8.99. The van der Waals surface area contributed by atoms with Gasteiger partial charge in [-0.3, -0.25) is 0 Å². The average molecular weight is 196 g/mol. The molecule has 3 nitrogen and oxygen atoms in total. The molecule has 0 aromatic carbocycles. The smallest absolute Gasteiger partial charge is 0.0947 e. The molecular formula is C11H20N2O. The second-order valence-corrected chi connectivity index (χ2v) is 4.15. The zero-order chi connectivity index (χ0) is 10.4. The first-order valence-electron chi connectivity index (χ1n) is 5.16. The molecule has 0 bridgehead atoms. The lowest BCUT2D eigenvalue weighted by atomic mass is 10.0. The van der Waals surface area contributed by atoms with Gasteiger partial charge in [-0.1, -0.05) is 13.8 Å². The van der Waals surface area contributed by atoms with Gasteiger partial charge in [0, 0.05) is 24.7 Å². The van der Waals surface area contributed by atoms with E-state index in [0.29, 0.717) is 5.92 Å². The standard InChI is InChI=1S/C11H20N2O/c1-9(2)5-11(12)7-13-6-10-3-4-14-8-10/h3-4,8-9,11,13H,5-7,12H2,1-2H3. The van der Waals surface area contributed by atoms with Crippen molar-refractivity contribution in [2.45, 2.75) is 32.9 Å². The Hall–Kier alpha value is -0.800. The summed E-state index contributed by atoms with van der Waals surface area (Å²) in [6.07, 6.45) is 4.50. The summed E-state index contributed by atoms with van der Waals surface area (Å²) in [6, 6.07) is 2.21. The van der Waals surface area contributed by atoms with Crippen molar-refractivity contribution in [3.63, 3.8) is 0 Å². The molecule has 0 saturated heterocycles. The maximum Gasteiger partial charge on any atom is 0.0947 e. The molecule has 0 aliphatic carbocycles. The number of rotatable bonds is 6. The Labute approximate surface area is 85.7 Å². The van der Waals surface area contributed by atoms with Crippen LogP contribution in [-0.2, 0) is 6.54 Å². The Morgan fingerprint density at radius 2 is 2.29 bits per heavy atom. The highest BCUT2D eigenvalue weighted by molar-refractivity contribution is 5.04. The molecule has 0 fully saturated rings. The highest BCUT2D eigenvalue weighted by Gasteiger charge is 2.04. The van der Waals surface area contributed by atoms with Crippen LogP contribution in [0.1, 0.15) is 25.8 Å². The molecule has 0 amide bonds. The van der Waals surface area contributed by atoms with E-state index >= 15 is 0 Å². The van der Waals surface area contributed by atoms with Crippen LogP contribution in [0.25, 0.3) is 0 Å². The SMILES string of the molecule is CC(C)CC(N)CNCc1ccoc1. The van der Waals surface area contributed by atoms with Crippen molar-refractivity contribution in [1.82, 2.24) is 5.32 Å². The molecule has 1 heterocycles. The lowest BCUT2D eigenvalue weighted by molar-refractivity contribution is 0.466. The third kappa shape index (κ3) is 4.44. The summed E-state index contributed by atoms with van der Waals surface area (Å²) in [5.41, 5.74) is 7.10. The number of nitrogens with two attached hydrogens (primary N) is 1. The van der Waals surface area contributed by atoms with E-state index < -0.39 is 0 Å². The summed E-state index contributed by atoms with van der Waals surface area (Å²) in [6.45, 7) is 6.08. The quantitative estimate of drug-likeness (QED) is 0.728. The van der Waals surface area contributed by atoms with Crippen molar-refractivity contribution in [1.29, 1.82) is 0 Å². The Bertz CT molecular complexity index is 231. The van der Waals surface area contributed by atoms with E-state index in [0.717, 1.165) is 19.5 Å². The predicted molar refractivity (Wildman–Crippen MR) is 57.8 cm³/mol. The number of hydrogen-bond donors (Lipinski definition) is 2. The summed E-state index contributed by atoms with van der Waals surface area (Å²) in [5.74, 6) is 0.667. The fourth-order valence-electron chi connectivity index (χ4n) is 1.48. The first-order chi connectivity index (χ1) is 6.68. The molecule has 3 N–H and O–H groups in total. The van der Waals surface area contributed by atoms with E-state index in [1.807, 2.05) is 6.07 Å². The van der Waals surface area contributed by atoms with Gasteiger partial charge in [-0.25, -0.2) is 0 Å². The molecular weight excluding hydrogens is 176 g/mol. The number of hydrogen-bond acceptors (Lipinski definition) is 3. The van der Waals surface area contributed by atoms with Crippen LogP contribution >= 0.6 is 0 Å². The summed E-state index contributed by atoms with van der Waals surface area (Å²) < 4.78 is 4.97. The third-order valence-corrected chi connectivity index (χ3v) is 2.09. The fourth-order valence-corrected chi connectivity index (χ4v) is 1.48. The Balaban J connectivity index is 2.09. The second kappa shape index (κ2) is 5.83. The maximum absolute atomic E-state index is 5.93. The van der Waals surface area contributed by atoms with Crippen molar-refractivity contribution in [2.24, 2.45) is 11.7 Å². The van der Waals surface area contributed by atoms with Crippen molar-refractivity contribution in [3.05, 3.63) is 24.2 Å². The molecule has 80 valence electrons. The van der Waals surface area contributed by atoms with Crippen LogP contribution in [0.5, 0.6) is 0 Å². The first-order valence-corrected chi connectivity index (χ1v) is 5.16. The Kier molecular flexibility index (Phi) is 4.70. The Morgan fingerprint density at radius 3 is 2.86 bits per heavy atom. The van der Waals surface area contributed by atoms with Crippen molar-refractivity contribution >= 4 is 0 Å². The molecule has 0 aliphatic heterocycles. The first kappa shape index (κ1) is 11.3. The summed E-state index contributed by atoms with van der Waals surface area (Å²) in [7, 11) is 0. The van der Waals surface area contributed by atoms with Gasteiger partial charge >= 0.3 is 0 Å². The molecule has 3 heteroatoms. The molecule has 1 unspecified atom stereocenters. The molecule has 0 radical (unpaired) electrons. The van der Waals surface area contributed by atoms with Gasteiger partial charge in [0.25, 0.3) is 0 Å². The van der Waals surface area contributed by atoms with Crippen molar-refractivity contribution < 1.29 is 4.42 Å². The van der Waals surface area contributed by atoms with Crippen LogP contribution in [0.4, 0.5) is 0 Å². The summed E-state index contributed by atoms with van der Waals surface area (Å²) in [5, 5.41) is 3.31. The minimum absolute atomic E-state index is 0.252. The molecule has 14 heavy (non-hydrogen) atoms. The zero-order valence-electron chi connectivity index (χ0n) is 8.99. The van der Waals surface area contributed by atoms with E-state index in [9.17, 15) is 0 Å². The number of furan rings is 1. The minimum Gasteiger partial charge on any atom is -0.472 e. The molecule has 0 saturated carbocycles. The van der Waals surface area contributed by atoms with Gasteiger partial charge in [0.1, 0.15) is 0 Å². The van der Waals surface area contributed by atoms with Gasteiger partial charge in [0.05, 0.1) is 12.5 Å². The third-order valence-electron chi connectivity index (χ3n) is 2.09. The molecule has 1 atom stereocenters. The fraction of sp³-hybridized carbons (Fsp3) is 0.636. The monoisotopic (exact) mass is 196 g/mol. The lowest BCUT2D eigenvalue weighted by Gasteiger charge is -2.14. The second-order valence-electron chi connectivity index (χ2n) is 4.15. The van der Waals surface area contributed by atoms with Crippen LogP contribution in [0.15, 0.2) is 23.0 Å². The van der Waals surface area contributed by atoms with Crippen molar-refractivity contribution in [3.8, 4) is 0 Å². The van der Waals surface area contributed by atoms with Crippen LogP contribution in [0.3, 0.4) is 0 Å². The van der Waals surface area contributed by atoms with Gasteiger partial charge in [0.15, 0.2) is 0 Å². The maximum atomic E-state index is 5.93. The molecule has 0 aliphatic rings. The predicted octanol–water partition coefficient (Wildman–Crippen LogP) is 1.74. The van der Waals surface area contributed by atoms with Gasteiger partial charge in [0.2, 0.25) is 0 Å². The Morgan fingerprint density at radius 1 is 1.50 bits per heavy atom. The van der Waals surface area contributed by atoms with E-state index in [-0.39, 0.29) is 6.04 Å². The topological polar surface area (TPSA) is 51.2 Å². The highest BCUT2D eigenvalue weighted by atomic mass is 16.3. The summed E-state index contributed by atoms with van der Waals surface area (Å²) in [4.78, 5) is 0. The van der Waals surface area contributed by atoms with Gasteiger partial charge in [-0.2, -0.15) is 0 Å². The highest BCUT2D eigenvalue weighted by Crippen LogP contribution is 2.02. The largest absolute Gasteiger partial charge is 0.472 e. The molecule has 0 spiro atoms. The van der Waals surface area contributed by atoms with Gasteiger partial charge in [-0.15, -0.1) is 0 Å². The lowest BCUT2D eigenvalue weighted by Crippen LogP contribution is -2.34. The van der Waals surface area contributed by atoms with Crippen LogP contribution in [-0.4, -0.2) is 12.6 Å². The van der Waals surface area contributed by atoms with E-state index in [2.05, 4.69) is 19.2 Å². The van der Waals surface area contributed by atoms with E-state index in [1.165, 1.54) is 5.56 Å². The average Bonchev–Trinajstić information content (AvgIpc) is 2.55. The number of nitrogens with one attached hydrogen (secondary N) is 1. The van der Waals surface area contributed by atoms with E-state index in [4.69, 9.17) is 10.2 Å². The molecule has 1 aromatic heterocycles. The van der Waals surface area contributed by atoms with Crippen LogP contribution in [0.2, 0.25) is 0 Å². The van der Waals surface area contributed by atoms with E-state index in [1.54, 1.807) is 12.5 Å². The molecule has 1 aromatic rings. The van der Waals surface area contributed by atoms with Crippen molar-refractivity contribution in [2.75, 3.05) is 6.54 Å². The van der Waals surface area contributed by atoms with Crippen LogP contribution < -0.4 is 11.1 Å². The molecule has 1 rings (SSSR count).